The molecule has 4 atom stereocenters. The molecule has 3 N–H and O–H groups in total. The van der Waals surface area contributed by atoms with Gasteiger partial charge >= 0.3 is 5.97 Å². The van der Waals surface area contributed by atoms with Crippen molar-refractivity contribution >= 4 is 23.6 Å². The first-order valence-electron chi connectivity index (χ1n) is 7.54. The van der Waals surface area contributed by atoms with Crippen molar-refractivity contribution in [1.82, 2.24) is 4.90 Å². The molecular weight excluding hydrogens is 320 g/mol. The monoisotopic (exact) mass is 340 g/mol. The van der Waals surface area contributed by atoms with Gasteiger partial charge in [-0.05, 0) is 19.8 Å². The molecule has 1 fully saturated rings. The van der Waals surface area contributed by atoms with E-state index in [0.29, 0.717) is 23.5 Å². The van der Waals surface area contributed by atoms with Gasteiger partial charge in [0.25, 0.3) is 0 Å². The number of hydrogen-bond acceptors (Lipinski definition) is 6. The Hall–Kier alpha value is -1.56. The van der Waals surface area contributed by atoms with Gasteiger partial charge in [0.1, 0.15) is 5.70 Å². The highest BCUT2D eigenvalue weighted by molar-refractivity contribution is 8.03. The summed E-state index contributed by atoms with van der Waals surface area (Å²) in [5.74, 6) is -1.91. The largest absolute Gasteiger partial charge is 0.477 e. The second kappa shape index (κ2) is 7.34. The van der Waals surface area contributed by atoms with Crippen LogP contribution >= 0.6 is 11.8 Å². The summed E-state index contributed by atoms with van der Waals surface area (Å²) in [6.45, 7) is 1.51. The summed E-state index contributed by atoms with van der Waals surface area (Å²) in [7, 11) is 0. The number of carboxylic acid groups (broad SMARTS) is 1. The second-order valence-electron chi connectivity index (χ2n) is 5.71. The van der Waals surface area contributed by atoms with Crippen LogP contribution in [0.3, 0.4) is 0 Å². The van der Waals surface area contributed by atoms with Crippen molar-refractivity contribution in [3.05, 3.63) is 10.6 Å². The minimum Gasteiger partial charge on any atom is -0.477 e. The number of nitriles is 1. The Morgan fingerprint density at radius 2 is 2.22 bits per heavy atom. The Labute approximate surface area is 138 Å². The van der Waals surface area contributed by atoms with Crippen molar-refractivity contribution in [3.63, 3.8) is 0 Å². The van der Waals surface area contributed by atoms with Gasteiger partial charge in [-0.3, -0.25) is 4.79 Å². The zero-order chi connectivity index (χ0) is 17.1. The van der Waals surface area contributed by atoms with E-state index in [-0.39, 0.29) is 36.6 Å². The van der Waals surface area contributed by atoms with Crippen molar-refractivity contribution in [2.45, 2.75) is 38.3 Å². The average molecular weight is 340 g/mol. The maximum atomic E-state index is 12.3. The average Bonchev–Trinajstić information content (AvgIpc) is 2.75. The van der Waals surface area contributed by atoms with Gasteiger partial charge in [-0.25, -0.2) is 4.79 Å². The van der Waals surface area contributed by atoms with Crippen LogP contribution in [-0.2, 0) is 9.59 Å². The third-order valence-corrected chi connectivity index (χ3v) is 5.49. The molecule has 0 aliphatic carbocycles. The van der Waals surface area contributed by atoms with Crippen LogP contribution in [-0.4, -0.2) is 56.6 Å². The van der Waals surface area contributed by atoms with Gasteiger partial charge in [0, 0.05) is 29.6 Å². The lowest BCUT2D eigenvalue weighted by Crippen LogP contribution is -2.63. The molecule has 0 saturated carbocycles. The molecule has 8 heteroatoms. The number of aliphatic carboxylic acids is 1. The molecule has 0 radical (unpaired) electrons. The fraction of sp³-hybridized carbons (Fsp3) is 0.667. The molecule has 126 valence electrons. The minimum absolute atomic E-state index is 0.0188. The quantitative estimate of drug-likeness (QED) is 0.435. The number of carboxylic acids is 1. The molecule has 0 aromatic rings. The van der Waals surface area contributed by atoms with E-state index in [1.165, 1.54) is 23.6 Å². The number of aliphatic hydroxyl groups excluding tert-OH is 2. The van der Waals surface area contributed by atoms with Crippen LogP contribution < -0.4 is 0 Å². The first-order valence-corrected chi connectivity index (χ1v) is 8.53. The van der Waals surface area contributed by atoms with Crippen molar-refractivity contribution < 1.29 is 24.9 Å². The minimum atomic E-state index is -1.17. The molecule has 2 heterocycles. The van der Waals surface area contributed by atoms with Gasteiger partial charge in [-0.15, -0.1) is 11.8 Å². The molecule has 2 aliphatic heterocycles. The first-order chi connectivity index (χ1) is 11.0. The molecule has 1 amide bonds. The third-order valence-electron chi connectivity index (χ3n) is 4.28. The van der Waals surface area contributed by atoms with E-state index < -0.39 is 18.0 Å². The molecule has 1 saturated heterocycles. The topological polar surface area (TPSA) is 122 Å². The van der Waals surface area contributed by atoms with Gasteiger partial charge in [-0.1, -0.05) is 0 Å². The van der Waals surface area contributed by atoms with Gasteiger partial charge in [-0.2, -0.15) is 5.26 Å². The zero-order valence-corrected chi connectivity index (χ0v) is 13.6. The predicted octanol–water partition coefficient (Wildman–Crippen LogP) is 0.540. The molecule has 0 aromatic heterocycles. The first kappa shape index (κ1) is 17.8. The fourth-order valence-electron chi connectivity index (χ4n) is 3.37. The van der Waals surface area contributed by atoms with E-state index in [2.05, 4.69) is 0 Å². The van der Waals surface area contributed by atoms with Crippen molar-refractivity contribution in [3.8, 4) is 6.07 Å². The highest BCUT2D eigenvalue weighted by atomic mass is 32.2. The van der Waals surface area contributed by atoms with E-state index >= 15 is 0 Å². The Bertz CT molecular complexity index is 569. The SMILES string of the molecule is C[C@@H](O)[C@H]1C(=O)N2C(C(=O)O)=C(SCCC#N)[C@H](CCCO)[C@H]12. The van der Waals surface area contributed by atoms with E-state index in [0.717, 1.165) is 0 Å². The molecular formula is C15H20N2O5S. The van der Waals surface area contributed by atoms with Crippen LogP contribution in [0.2, 0.25) is 0 Å². The lowest BCUT2D eigenvalue weighted by Gasteiger charge is -2.47. The molecule has 23 heavy (non-hydrogen) atoms. The zero-order valence-electron chi connectivity index (χ0n) is 12.8. The summed E-state index contributed by atoms with van der Waals surface area (Å²) in [4.78, 5) is 25.7. The number of fused-ring (bicyclic) bond motifs is 1. The van der Waals surface area contributed by atoms with Crippen molar-refractivity contribution in [2.75, 3.05) is 12.4 Å². The molecule has 7 nitrogen and oxygen atoms in total. The molecule has 0 bridgehead atoms. The molecule has 2 aliphatic rings. The number of amides is 1. The van der Waals surface area contributed by atoms with E-state index in [1.54, 1.807) is 0 Å². The second-order valence-corrected chi connectivity index (χ2v) is 6.85. The number of nitrogens with zero attached hydrogens (tertiary/aromatic N) is 2. The number of hydrogen-bond donors (Lipinski definition) is 3. The van der Waals surface area contributed by atoms with Gasteiger partial charge in [0.05, 0.1) is 24.1 Å². The Balaban J connectivity index is 2.34. The fourth-order valence-corrected chi connectivity index (χ4v) is 4.57. The summed E-state index contributed by atoms with van der Waals surface area (Å²) < 4.78 is 0. The Morgan fingerprint density at radius 3 is 2.74 bits per heavy atom. The number of carbonyl (C=O) groups is 2. The van der Waals surface area contributed by atoms with E-state index in [1.807, 2.05) is 6.07 Å². The summed E-state index contributed by atoms with van der Waals surface area (Å²) in [5.41, 5.74) is -0.0252. The Morgan fingerprint density at radius 1 is 1.52 bits per heavy atom. The van der Waals surface area contributed by atoms with Crippen molar-refractivity contribution in [2.24, 2.45) is 11.8 Å². The number of β-lactam (4-membered cyclic amide) rings is 1. The highest BCUT2D eigenvalue weighted by Crippen LogP contribution is 2.52. The molecule has 0 unspecified atom stereocenters. The maximum absolute atomic E-state index is 12.3. The molecule has 2 rings (SSSR count). The lowest BCUT2D eigenvalue weighted by molar-refractivity contribution is -0.163. The van der Waals surface area contributed by atoms with Crippen LogP contribution in [0.5, 0.6) is 0 Å². The van der Waals surface area contributed by atoms with Gasteiger partial charge in [0.15, 0.2) is 0 Å². The number of aliphatic hydroxyl groups is 2. The Kier molecular flexibility index (Phi) is 5.68. The number of rotatable bonds is 8. The van der Waals surface area contributed by atoms with Gasteiger partial charge in [0.2, 0.25) is 5.91 Å². The highest BCUT2D eigenvalue weighted by Gasteiger charge is 2.60. The van der Waals surface area contributed by atoms with Gasteiger partial charge < -0.3 is 20.2 Å². The molecule has 0 aromatic carbocycles. The maximum Gasteiger partial charge on any atom is 0.353 e. The van der Waals surface area contributed by atoms with Crippen LogP contribution in [0.4, 0.5) is 0 Å². The molecule has 0 spiro atoms. The summed E-state index contributed by atoms with van der Waals surface area (Å²) >= 11 is 1.29. The van der Waals surface area contributed by atoms with Crippen LogP contribution in [0, 0.1) is 23.2 Å². The predicted molar refractivity (Wildman–Crippen MR) is 83.0 cm³/mol. The number of carbonyl (C=O) groups excluding carboxylic acids is 1. The lowest BCUT2D eigenvalue weighted by atomic mass is 9.77. The third kappa shape index (κ3) is 3.09. The summed E-state index contributed by atoms with van der Waals surface area (Å²) in [6.07, 6.45) is 0.468. The van der Waals surface area contributed by atoms with E-state index in [4.69, 9.17) is 10.4 Å². The smallest absolute Gasteiger partial charge is 0.353 e. The van der Waals surface area contributed by atoms with Crippen LogP contribution in [0.15, 0.2) is 10.6 Å². The summed E-state index contributed by atoms with van der Waals surface area (Å²) in [5, 5.41) is 37.1. The van der Waals surface area contributed by atoms with Crippen LogP contribution in [0.1, 0.15) is 26.2 Å². The number of thioether (sulfide) groups is 1. The van der Waals surface area contributed by atoms with E-state index in [9.17, 15) is 19.8 Å². The summed E-state index contributed by atoms with van der Waals surface area (Å²) in [6, 6.07) is 1.65. The normalized spacial score (nSPS) is 27.5. The standard InChI is InChI=1S/C15H20N2O5S/c1-8(19)10-11-9(4-2-6-18)13(23-7-3-5-16)12(15(21)22)17(11)14(10)20/h8-11,18-19H,2-4,6-7H2,1H3,(H,21,22)/t8-,9-,10-,11-/m1/s1. The van der Waals surface area contributed by atoms with Crippen LogP contribution in [0.25, 0.3) is 0 Å². The van der Waals surface area contributed by atoms with Crippen molar-refractivity contribution in [1.29, 1.82) is 5.26 Å².